The molecule has 26 heavy (non-hydrogen) atoms. The summed E-state index contributed by atoms with van der Waals surface area (Å²) in [6.07, 6.45) is -9.30. The van der Waals surface area contributed by atoms with Crippen molar-refractivity contribution < 1.29 is 63.2 Å². The summed E-state index contributed by atoms with van der Waals surface area (Å²) in [4.78, 5) is 3.81. The van der Waals surface area contributed by atoms with E-state index in [0.29, 0.717) is 0 Å². The molecule has 0 bridgehead atoms. The van der Waals surface area contributed by atoms with Crippen molar-refractivity contribution in [1.29, 1.82) is 0 Å². The SMILES string of the molecule is C.C.C.C.C.C.COCC(F)(F)F.FCF.FCOF.FOC(F)(F)F. The summed E-state index contributed by atoms with van der Waals surface area (Å²) in [7, 11) is 1.01. The second-order valence-electron chi connectivity index (χ2n) is 1.89. The van der Waals surface area contributed by atoms with Crippen LogP contribution in [0.25, 0.3) is 0 Å². The summed E-state index contributed by atoms with van der Waals surface area (Å²) in [6.45, 7) is -4.26. The summed E-state index contributed by atoms with van der Waals surface area (Å²) in [5.74, 6) is 0. The molecule has 0 aliphatic rings. The minimum atomic E-state index is -5.12. The molecule has 0 unspecified atom stereocenters. The molecule has 0 spiro atoms. The van der Waals surface area contributed by atoms with Crippen molar-refractivity contribution in [3.63, 3.8) is 0 Å². The smallest absolute Gasteiger partial charge is 0.375 e. The van der Waals surface area contributed by atoms with Gasteiger partial charge < -0.3 is 4.74 Å². The molecule has 0 aromatic carbocycles. The van der Waals surface area contributed by atoms with Gasteiger partial charge in [-0.05, 0) is 9.05 Å². The molecule has 0 aromatic rings. The van der Waals surface area contributed by atoms with Gasteiger partial charge in [0.25, 0.3) is 0 Å². The van der Waals surface area contributed by atoms with Crippen molar-refractivity contribution in [3.05, 3.63) is 0 Å². The van der Waals surface area contributed by atoms with Crippen LogP contribution in [-0.2, 0) is 14.6 Å². The van der Waals surface area contributed by atoms with Crippen LogP contribution < -0.4 is 0 Å². The lowest BCUT2D eigenvalue weighted by atomic mass is 10.7. The van der Waals surface area contributed by atoms with Crippen LogP contribution in [0, 0.1) is 0 Å². The van der Waals surface area contributed by atoms with Crippen molar-refractivity contribution in [2.75, 3.05) is 27.5 Å². The number of alkyl halides is 9. The molecule has 0 rings (SSSR count). The van der Waals surface area contributed by atoms with Gasteiger partial charge >= 0.3 is 12.5 Å². The highest BCUT2D eigenvalue weighted by Crippen LogP contribution is 2.15. The summed E-state index contributed by atoms with van der Waals surface area (Å²) < 4.78 is 116. The van der Waals surface area contributed by atoms with Gasteiger partial charge in [0, 0.05) is 7.11 Å². The topological polar surface area (TPSA) is 27.7 Å². The van der Waals surface area contributed by atoms with E-state index >= 15 is 0 Å². The van der Waals surface area contributed by atoms with E-state index < -0.39 is 32.9 Å². The molecular weight excluding hydrogens is 401 g/mol. The van der Waals surface area contributed by atoms with Crippen molar-refractivity contribution in [2.45, 2.75) is 57.1 Å². The normalized spacial score (nSPS) is 7.85. The van der Waals surface area contributed by atoms with Crippen molar-refractivity contribution >= 4 is 0 Å². The lowest BCUT2D eigenvalue weighted by molar-refractivity contribution is -0.416. The van der Waals surface area contributed by atoms with Gasteiger partial charge in [0.05, 0.1) is 0 Å². The van der Waals surface area contributed by atoms with Gasteiger partial charge in [0.15, 0.2) is 0 Å². The zero-order valence-electron chi connectivity index (χ0n) is 9.50. The molecule has 0 aliphatic carbocycles. The highest BCUT2D eigenvalue weighted by molar-refractivity contribution is 4.41. The fraction of sp³-hybridized carbons (Fsp3) is 1.00. The predicted octanol–water partition coefficient (Wildman–Crippen LogP) is 8.12. The Kier molecular flexibility index (Phi) is 108. The van der Waals surface area contributed by atoms with Gasteiger partial charge in [-0.15, -0.1) is 13.2 Å². The number of ether oxygens (including phenoxy) is 1. The first-order valence-electron chi connectivity index (χ1n) is 3.79. The summed E-state index contributed by atoms with van der Waals surface area (Å²) in [5, 5.41) is 0. The van der Waals surface area contributed by atoms with Gasteiger partial charge in [0.1, 0.15) is 6.61 Å². The Hall–Kier alpha value is -0.890. The van der Waals surface area contributed by atoms with Gasteiger partial charge in [-0.25, -0.2) is 13.2 Å². The van der Waals surface area contributed by atoms with Crippen molar-refractivity contribution in [3.8, 4) is 0 Å². The molecule has 0 heterocycles. The predicted molar refractivity (Wildman–Crippen MR) is 81.8 cm³/mol. The fourth-order valence-corrected chi connectivity index (χ4v) is 0.164. The minimum absolute atomic E-state index is 0. The summed E-state index contributed by atoms with van der Waals surface area (Å²) in [5.41, 5.74) is 0. The van der Waals surface area contributed by atoms with Crippen LogP contribution >= 0.6 is 0 Å². The third-order valence-electron chi connectivity index (χ3n) is 0.437. The molecule has 0 saturated carbocycles. The quantitative estimate of drug-likeness (QED) is 0.411. The Labute approximate surface area is 149 Å². The van der Waals surface area contributed by atoms with E-state index in [2.05, 4.69) is 9.68 Å². The van der Waals surface area contributed by atoms with Crippen LogP contribution in [0.2, 0.25) is 0 Å². The second-order valence-corrected chi connectivity index (χ2v) is 1.89. The molecular formula is C12H33F11O3. The van der Waals surface area contributed by atoms with Crippen LogP contribution in [0.4, 0.5) is 48.6 Å². The minimum Gasteiger partial charge on any atom is -0.375 e. The molecule has 0 aromatic heterocycles. The molecule has 0 N–H and O–H groups in total. The zero-order chi connectivity index (χ0) is 17.2. The van der Waals surface area contributed by atoms with E-state index in [-0.39, 0.29) is 44.6 Å². The second kappa shape index (κ2) is 44.0. The third kappa shape index (κ3) is 223. The Morgan fingerprint density at radius 3 is 0.885 bits per heavy atom. The summed E-state index contributed by atoms with van der Waals surface area (Å²) in [6, 6.07) is 0. The van der Waals surface area contributed by atoms with E-state index in [1.165, 1.54) is 4.94 Å². The Balaban J connectivity index is -0.0000000158. The molecule has 14 heteroatoms. The highest BCUT2D eigenvalue weighted by atomic mass is 19.5. The van der Waals surface area contributed by atoms with Gasteiger partial charge in [-0.2, -0.15) is 18.1 Å². The van der Waals surface area contributed by atoms with Crippen molar-refractivity contribution in [1.82, 2.24) is 0 Å². The monoisotopic (exact) mass is 434 g/mol. The first-order chi connectivity index (χ1) is 8.95. The molecule has 0 atom stereocenters. The maximum Gasteiger partial charge on any atom is 0.553 e. The number of hydrogen-bond donors (Lipinski definition) is 0. The number of methoxy groups -OCH3 is 1. The molecule has 0 aliphatic heterocycles. The van der Waals surface area contributed by atoms with Crippen LogP contribution in [0.1, 0.15) is 44.6 Å². The first kappa shape index (κ1) is 63.9. The Morgan fingerprint density at radius 1 is 0.692 bits per heavy atom. The zero-order valence-corrected chi connectivity index (χ0v) is 9.50. The molecule has 176 valence electrons. The number of hydrogen-bond acceptors (Lipinski definition) is 3. The van der Waals surface area contributed by atoms with E-state index in [9.17, 15) is 48.6 Å². The molecule has 0 saturated heterocycles. The van der Waals surface area contributed by atoms with Gasteiger partial charge in [-0.3, -0.25) is 0 Å². The van der Waals surface area contributed by atoms with E-state index in [0.717, 1.165) is 7.11 Å². The number of halogens is 11. The molecule has 0 fully saturated rings. The lowest BCUT2D eigenvalue weighted by Crippen LogP contribution is -2.14. The van der Waals surface area contributed by atoms with Crippen LogP contribution in [0.3, 0.4) is 0 Å². The molecule has 3 nitrogen and oxygen atoms in total. The van der Waals surface area contributed by atoms with Crippen LogP contribution in [-0.4, -0.2) is 40.0 Å². The van der Waals surface area contributed by atoms with Gasteiger partial charge in [0.2, 0.25) is 13.8 Å². The largest absolute Gasteiger partial charge is 0.553 e. The maximum absolute atomic E-state index is 10.9. The maximum atomic E-state index is 10.9. The first-order valence-corrected chi connectivity index (χ1v) is 3.79. The van der Waals surface area contributed by atoms with Crippen molar-refractivity contribution in [2.24, 2.45) is 0 Å². The third-order valence-corrected chi connectivity index (χ3v) is 0.437. The average molecular weight is 434 g/mol. The molecule has 0 amide bonds. The average Bonchev–Trinajstić information content (AvgIpc) is 2.29. The Bertz CT molecular complexity index is 165. The number of rotatable bonds is 2. The van der Waals surface area contributed by atoms with Gasteiger partial charge in [-0.1, -0.05) is 49.5 Å². The Morgan fingerprint density at radius 2 is 0.885 bits per heavy atom. The van der Waals surface area contributed by atoms with E-state index in [4.69, 9.17) is 0 Å². The summed E-state index contributed by atoms with van der Waals surface area (Å²) >= 11 is 0. The highest BCUT2D eigenvalue weighted by Gasteiger charge is 2.30. The van der Waals surface area contributed by atoms with E-state index in [1.54, 1.807) is 0 Å². The van der Waals surface area contributed by atoms with E-state index in [1.807, 2.05) is 0 Å². The standard InChI is InChI=1S/C3H5F3O.CF4O.CH2F2O.CH2F2.6CH4/c1-7-2-3(4,5)6;2-1(3,4)6-5;2-1-4-3;2-1-3;;;;;;/h2H2,1H3;;1H2;1H2;6*1H4. The lowest BCUT2D eigenvalue weighted by Gasteiger charge is -2.01. The fourth-order valence-electron chi connectivity index (χ4n) is 0.164. The molecule has 0 radical (unpaired) electrons. The van der Waals surface area contributed by atoms with Crippen LogP contribution in [0.15, 0.2) is 0 Å². The van der Waals surface area contributed by atoms with Crippen LogP contribution in [0.5, 0.6) is 0 Å².